The first-order chi connectivity index (χ1) is 17.4. The first-order valence-corrected chi connectivity index (χ1v) is 11.4. The summed E-state index contributed by atoms with van der Waals surface area (Å²) in [5.74, 6) is 0.137. The lowest BCUT2D eigenvalue weighted by Crippen LogP contribution is -2.54. The van der Waals surface area contributed by atoms with Crippen LogP contribution in [-0.2, 0) is 9.59 Å². The van der Waals surface area contributed by atoms with Gasteiger partial charge in [0.05, 0.1) is 12.8 Å². The average molecular weight is 507 g/mol. The molecule has 0 aromatic heterocycles. The summed E-state index contributed by atoms with van der Waals surface area (Å²) >= 11 is 5.90. The lowest BCUT2D eigenvalue weighted by Gasteiger charge is -2.26. The molecule has 4 rings (SSSR count). The summed E-state index contributed by atoms with van der Waals surface area (Å²) in [7, 11) is 1.49. The van der Waals surface area contributed by atoms with Crippen molar-refractivity contribution in [3.8, 4) is 17.2 Å². The SMILES string of the molecule is COc1cc(C=C2C(=O)NC(=O)N(c3ccc(Cl)cc3)C2=O)ccc1OCCOc1ccccc1C. The van der Waals surface area contributed by atoms with E-state index in [0.29, 0.717) is 28.7 Å². The molecular formula is C27H23ClN2O6. The molecule has 36 heavy (non-hydrogen) atoms. The Morgan fingerprint density at radius 3 is 2.28 bits per heavy atom. The van der Waals surface area contributed by atoms with Crippen LogP contribution in [0.2, 0.25) is 5.02 Å². The Labute approximate surface area is 213 Å². The van der Waals surface area contributed by atoms with Crippen LogP contribution in [-0.4, -0.2) is 38.2 Å². The standard InChI is InChI=1S/C27H23ClN2O6/c1-17-5-3-4-6-22(17)35-13-14-36-23-12-7-18(16-24(23)34-2)15-21-25(31)29-27(33)30(26(21)32)20-10-8-19(28)9-11-20/h3-12,15-16H,13-14H2,1-2H3,(H,29,31,33). The molecule has 4 amide bonds. The van der Waals surface area contributed by atoms with Gasteiger partial charge in [-0.05, 0) is 66.6 Å². The third kappa shape index (κ3) is 5.50. The molecule has 0 aliphatic carbocycles. The number of nitrogens with zero attached hydrogens (tertiary/aromatic N) is 1. The minimum Gasteiger partial charge on any atom is -0.493 e. The number of benzene rings is 3. The lowest BCUT2D eigenvalue weighted by atomic mass is 10.1. The number of rotatable bonds is 8. The number of methoxy groups -OCH3 is 1. The summed E-state index contributed by atoms with van der Waals surface area (Å²) in [5, 5.41) is 2.64. The van der Waals surface area contributed by atoms with Gasteiger partial charge in [-0.25, -0.2) is 9.69 Å². The van der Waals surface area contributed by atoms with E-state index in [1.807, 2.05) is 31.2 Å². The van der Waals surface area contributed by atoms with Crippen molar-refractivity contribution in [3.05, 3.63) is 88.5 Å². The number of hydrogen-bond donors (Lipinski definition) is 1. The van der Waals surface area contributed by atoms with Gasteiger partial charge in [-0.1, -0.05) is 35.9 Å². The van der Waals surface area contributed by atoms with Crippen LogP contribution in [0.5, 0.6) is 17.2 Å². The summed E-state index contributed by atoms with van der Waals surface area (Å²) in [6.07, 6.45) is 1.39. The fourth-order valence-corrected chi connectivity index (χ4v) is 3.69. The molecule has 0 atom stereocenters. The summed E-state index contributed by atoms with van der Waals surface area (Å²) in [5.41, 5.74) is 1.63. The molecule has 0 unspecified atom stereocenters. The number of nitrogens with one attached hydrogen (secondary N) is 1. The third-order valence-electron chi connectivity index (χ3n) is 5.38. The van der Waals surface area contributed by atoms with Crippen LogP contribution in [0.3, 0.4) is 0 Å². The predicted octanol–water partition coefficient (Wildman–Crippen LogP) is 4.78. The quantitative estimate of drug-likeness (QED) is 0.268. The van der Waals surface area contributed by atoms with E-state index in [1.54, 1.807) is 30.3 Å². The highest BCUT2D eigenvalue weighted by molar-refractivity contribution is 6.39. The zero-order chi connectivity index (χ0) is 25.7. The van der Waals surface area contributed by atoms with Gasteiger partial charge in [-0.3, -0.25) is 14.9 Å². The highest BCUT2D eigenvalue weighted by atomic mass is 35.5. The number of halogens is 1. The normalized spacial score (nSPS) is 14.6. The van der Waals surface area contributed by atoms with Gasteiger partial charge in [-0.15, -0.1) is 0 Å². The monoisotopic (exact) mass is 506 g/mol. The van der Waals surface area contributed by atoms with Gasteiger partial charge in [0.25, 0.3) is 11.8 Å². The van der Waals surface area contributed by atoms with Gasteiger partial charge < -0.3 is 14.2 Å². The Morgan fingerprint density at radius 1 is 0.889 bits per heavy atom. The van der Waals surface area contributed by atoms with Crippen molar-refractivity contribution in [1.82, 2.24) is 5.32 Å². The van der Waals surface area contributed by atoms with Crippen LogP contribution < -0.4 is 24.4 Å². The van der Waals surface area contributed by atoms with Crippen LogP contribution in [0.25, 0.3) is 6.08 Å². The summed E-state index contributed by atoms with van der Waals surface area (Å²) < 4.78 is 17.0. The fraction of sp³-hybridized carbons (Fsp3) is 0.148. The van der Waals surface area contributed by atoms with Gasteiger partial charge >= 0.3 is 6.03 Å². The highest BCUT2D eigenvalue weighted by Crippen LogP contribution is 2.30. The number of carbonyl (C=O) groups excluding carboxylic acids is 3. The number of barbiturate groups is 1. The van der Waals surface area contributed by atoms with E-state index in [2.05, 4.69) is 5.32 Å². The van der Waals surface area contributed by atoms with Gasteiger partial charge in [0.2, 0.25) is 0 Å². The molecule has 0 saturated carbocycles. The van der Waals surface area contributed by atoms with E-state index >= 15 is 0 Å². The van der Waals surface area contributed by atoms with Crippen molar-refractivity contribution in [1.29, 1.82) is 0 Å². The largest absolute Gasteiger partial charge is 0.493 e. The number of aryl methyl sites for hydroxylation is 1. The smallest absolute Gasteiger partial charge is 0.335 e. The number of amides is 4. The Balaban J connectivity index is 1.48. The van der Waals surface area contributed by atoms with E-state index < -0.39 is 17.8 Å². The van der Waals surface area contributed by atoms with Gasteiger partial charge in [0, 0.05) is 5.02 Å². The molecule has 1 aliphatic heterocycles. The molecule has 0 spiro atoms. The van der Waals surface area contributed by atoms with Crippen LogP contribution in [0.15, 0.2) is 72.3 Å². The predicted molar refractivity (Wildman–Crippen MR) is 136 cm³/mol. The minimum absolute atomic E-state index is 0.202. The minimum atomic E-state index is -0.835. The van der Waals surface area contributed by atoms with E-state index in [-0.39, 0.29) is 17.9 Å². The maximum Gasteiger partial charge on any atom is 0.335 e. The van der Waals surface area contributed by atoms with E-state index in [9.17, 15) is 14.4 Å². The number of urea groups is 1. The van der Waals surface area contributed by atoms with Gasteiger partial charge in [0.1, 0.15) is 24.5 Å². The second kappa shape index (κ2) is 11.0. The van der Waals surface area contributed by atoms with Crippen LogP contribution in [0, 0.1) is 6.92 Å². The van der Waals surface area contributed by atoms with Gasteiger partial charge in [0.15, 0.2) is 11.5 Å². The maximum atomic E-state index is 13.0. The van der Waals surface area contributed by atoms with Crippen molar-refractivity contribution >= 4 is 41.2 Å². The molecule has 3 aromatic carbocycles. The van der Waals surface area contributed by atoms with Crippen LogP contribution in [0.1, 0.15) is 11.1 Å². The van der Waals surface area contributed by atoms with Crippen molar-refractivity contribution in [3.63, 3.8) is 0 Å². The number of anilines is 1. The first kappa shape index (κ1) is 24.8. The molecule has 0 radical (unpaired) electrons. The van der Waals surface area contributed by atoms with E-state index in [0.717, 1.165) is 16.2 Å². The number of para-hydroxylation sites is 1. The van der Waals surface area contributed by atoms with Crippen LogP contribution >= 0.6 is 11.6 Å². The second-order valence-electron chi connectivity index (χ2n) is 7.81. The summed E-state index contributed by atoms with van der Waals surface area (Å²) in [4.78, 5) is 38.7. The molecule has 1 heterocycles. The van der Waals surface area contributed by atoms with Crippen molar-refractivity contribution in [2.45, 2.75) is 6.92 Å². The number of ether oxygens (including phenoxy) is 3. The Kier molecular flexibility index (Phi) is 7.56. The topological polar surface area (TPSA) is 94.2 Å². The molecule has 1 aliphatic rings. The molecular weight excluding hydrogens is 484 g/mol. The van der Waals surface area contributed by atoms with Crippen LogP contribution in [0.4, 0.5) is 10.5 Å². The van der Waals surface area contributed by atoms with Crippen molar-refractivity contribution in [2.24, 2.45) is 0 Å². The Bertz CT molecular complexity index is 1340. The second-order valence-corrected chi connectivity index (χ2v) is 8.24. The van der Waals surface area contributed by atoms with Crippen molar-refractivity contribution in [2.75, 3.05) is 25.2 Å². The third-order valence-corrected chi connectivity index (χ3v) is 5.63. The summed E-state index contributed by atoms with van der Waals surface area (Å²) in [6, 6.07) is 18.0. The summed E-state index contributed by atoms with van der Waals surface area (Å²) in [6.45, 7) is 2.58. The number of imide groups is 2. The van der Waals surface area contributed by atoms with E-state index in [4.69, 9.17) is 25.8 Å². The Morgan fingerprint density at radius 2 is 1.58 bits per heavy atom. The molecule has 1 saturated heterocycles. The number of hydrogen-bond acceptors (Lipinski definition) is 6. The molecule has 1 fully saturated rings. The Hall–Kier alpha value is -4.30. The number of carbonyl (C=O) groups is 3. The lowest BCUT2D eigenvalue weighted by molar-refractivity contribution is -0.122. The fourth-order valence-electron chi connectivity index (χ4n) is 3.56. The maximum absolute atomic E-state index is 13.0. The molecule has 1 N–H and O–H groups in total. The molecule has 184 valence electrons. The van der Waals surface area contributed by atoms with E-state index in [1.165, 1.54) is 25.3 Å². The van der Waals surface area contributed by atoms with Crippen molar-refractivity contribution < 1.29 is 28.6 Å². The van der Waals surface area contributed by atoms with Gasteiger partial charge in [-0.2, -0.15) is 0 Å². The molecule has 3 aromatic rings. The molecule has 0 bridgehead atoms. The zero-order valence-corrected chi connectivity index (χ0v) is 20.4. The molecule has 9 heteroatoms. The highest BCUT2D eigenvalue weighted by Gasteiger charge is 2.36. The molecule has 8 nitrogen and oxygen atoms in total. The average Bonchev–Trinajstić information content (AvgIpc) is 2.87. The first-order valence-electron chi connectivity index (χ1n) is 11.0. The zero-order valence-electron chi connectivity index (χ0n) is 19.6.